The second-order valence-electron chi connectivity index (χ2n) is 4.13. The zero-order chi connectivity index (χ0) is 11.1. The third-order valence-corrected chi connectivity index (χ3v) is 3.73. The molecule has 1 aliphatic carbocycles. The van der Waals surface area contributed by atoms with Crippen LogP contribution in [0.15, 0.2) is 6.07 Å². The Labute approximate surface area is 104 Å². The van der Waals surface area contributed by atoms with Crippen molar-refractivity contribution in [1.82, 2.24) is 4.98 Å². The number of halogens is 3. The third-order valence-electron chi connectivity index (χ3n) is 2.76. The smallest absolute Gasteiger partial charge is 0.150 e. The van der Waals surface area contributed by atoms with Crippen LogP contribution >= 0.6 is 34.8 Å². The Morgan fingerprint density at radius 2 is 1.93 bits per heavy atom. The quantitative estimate of drug-likeness (QED) is 0.802. The topological polar surface area (TPSA) is 24.9 Å². The van der Waals surface area contributed by atoms with Gasteiger partial charge in [-0.15, -0.1) is 0 Å². The molecule has 1 aromatic rings. The van der Waals surface area contributed by atoms with Gasteiger partial charge in [-0.1, -0.05) is 34.8 Å². The first-order valence-corrected chi connectivity index (χ1v) is 5.93. The highest BCUT2D eigenvalue weighted by Crippen LogP contribution is 2.37. The molecule has 1 saturated carbocycles. The molecule has 2 nitrogen and oxygen atoms in total. The lowest BCUT2D eigenvalue weighted by Crippen LogP contribution is -2.42. The van der Waals surface area contributed by atoms with Crippen LogP contribution in [0.5, 0.6) is 0 Å². The molecule has 0 aliphatic heterocycles. The van der Waals surface area contributed by atoms with Gasteiger partial charge in [-0.2, -0.15) is 0 Å². The average Bonchev–Trinajstić information content (AvgIpc) is 2.11. The highest BCUT2D eigenvalue weighted by atomic mass is 35.5. The fourth-order valence-corrected chi connectivity index (χ4v) is 2.19. The molecule has 1 N–H and O–H groups in total. The molecule has 0 amide bonds. The van der Waals surface area contributed by atoms with Crippen LogP contribution in [0.25, 0.3) is 0 Å². The fourth-order valence-electron chi connectivity index (χ4n) is 1.65. The second kappa shape index (κ2) is 4.00. The van der Waals surface area contributed by atoms with E-state index in [-0.39, 0.29) is 10.7 Å². The number of hydrogen-bond donors (Lipinski definition) is 1. The molecular weight excluding hydrogens is 254 g/mol. The largest absolute Gasteiger partial charge is 0.364 e. The van der Waals surface area contributed by atoms with Gasteiger partial charge in [0.1, 0.15) is 11.0 Å². The molecule has 0 bridgehead atoms. The number of nitrogens with zero attached hydrogens (tertiary/aromatic N) is 1. The van der Waals surface area contributed by atoms with E-state index in [0.29, 0.717) is 15.9 Å². The Morgan fingerprint density at radius 3 is 2.47 bits per heavy atom. The Bertz CT molecular complexity index is 388. The van der Waals surface area contributed by atoms with Crippen LogP contribution in [0.1, 0.15) is 26.2 Å². The van der Waals surface area contributed by atoms with Gasteiger partial charge in [0.2, 0.25) is 0 Å². The Balaban J connectivity index is 2.24. The molecule has 0 aromatic carbocycles. The normalized spacial score (nSPS) is 18.4. The van der Waals surface area contributed by atoms with Crippen molar-refractivity contribution in [3.05, 3.63) is 21.3 Å². The maximum Gasteiger partial charge on any atom is 0.150 e. The zero-order valence-electron chi connectivity index (χ0n) is 8.28. The van der Waals surface area contributed by atoms with Gasteiger partial charge in [0.25, 0.3) is 0 Å². The standard InChI is InChI=1S/C10H11Cl3N2/c1-10(3-2-4-10)15-9-7(12)5-6(11)8(13)14-9/h5H,2-4H2,1H3,(H,14,15). The Hall–Kier alpha value is -0.180. The fraction of sp³-hybridized carbons (Fsp3) is 0.500. The van der Waals surface area contributed by atoms with E-state index < -0.39 is 0 Å². The number of aromatic nitrogens is 1. The number of anilines is 1. The van der Waals surface area contributed by atoms with Crippen molar-refractivity contribution in [2.24, 2.45) is 0 Å². The summed E-state index contributed by atoms with van der Waals surface area (Å²) in [5.41, 5.74) is 0.105. The van der Waals surface area contributed by atoms with Gasteiger partial charge >= 0.3 is 0 Å². The minimum Gasteiger partial charge on any atom is -0.364 e. The van der Waals surface area contributed by atoms with E-state index in [1.165, 1.54) is 6.42 Å². The lowest BCUT2D eigenvalue weighted by Gasteiger charge is -2.39. The van der Waals surface area contributed by atoms with E-state index in [2.05, 4.69) is 17.2 Å². The number of pyridine rings is 1. The molecule has 15 heavy (non-hydrogen) atoms. The first-order valence-electron chi connectivity index (χ1n) is 4.80. The zero-order valence-corrected chi connectivity index (χ0v) is 10.5. The predicted molar refractivity (Wildman–Crippen MR) is 65.1 cm³/mol. The van der Waals surface area contributed by atoms with E-state index in [0.717, 1.165) is 12.8 Å². The lowest BCUT2D eigenvalue weighted by atomic mass is 9.78. The Morgan fingerprint density at radius 1 is 1.27 bits per heavy atom. The van der Waals surface area contributed by atoms with Gasteiger partial charge in [0, 0.05) is 5.54 Å². The molecular formula is C10H11Cl3N2. The van der Waals surface area contributed by atoms with Gasteiger partial charge in [-0.25, -0.2) is 4.98 Å². The summed E-state index contributed by atoms with van der Waals surface area (Å²) in [4.78, 5) is 4.13. The molecule has 0 spiro atoms. The van der Waals surface area contributed by atoms with Crippen molar-refractivity contribution in [2.75, 3.05) is 5.32 Å². The van der Waals surface area contributed by atoms with E-state index >= 15 is 0 Å². The maximum absolute atomic E-state index is 6.02. The Kier molecular flexibility index (Phi) is 3.02. The summed E-state index contributed by atoms with van der Waals surface area (Å²) < 4.78 is 0. The van der Waals surface area contributed by atoms with Crippen molar-refractivity contribution < 1.29 is 0 Å². The lowest BCUT2D eigenvalue weighted by molar-refractivity contribution is 0.306. The predicted octanol–water partition coefficient (Wildman–Crippen LogP) is 4.40. The molecule has 82 valence electrons. The molecule has 1 aromatic heterocycles. The number of hydrogen-bond acceptors (Lipinski definition) is 2. The van der Waals surface area contributed by atoms with Crippen LogP contribution < -0.4 is 5.32 Å². The second-order valence-corrected chi connectivity index (χ2v) is 5.30. The number of rotatable bonds is 2. The summed E-state index contributed by atoms with van der Waals surface area (Å²) in [6.45, 7) is 2.15. The molecule has 0 radical (unpaired) electrons. The van der Waals surface area contributed by atoms with E-state index in [1.54, 1.807) is 6.07 Å². The summed E-state index contributed by atoms with van der Waals surface area (Å²) in [5, 5.41) is 4.48. The van der Waals surface area contributed by atoms with Gasteiger partial charge in [-0.3, -0.25) is 0 Å². The van der Waals surface area contributed by atoms with Gasteiger partial charge in [-0.05, 0) is 32.3 Å². The summed E-state index contributed by atoms with van der Waals surface area (Å²) in [6.07, 6.45) is 3.50. The summed E-state index contributed by atoms with van der Waals surface area (Å²) >= 11 is 17.7. The first kappa shape index (κ1) is 11.3. The monoisotopic (exact) mass is 264 g/mol. The third kappa shape index (κ3) is 2.32. The van der Waals surface area contributed by atoms with E-state index in [1.807, 2.05) is 0 Å². The molecule has 0 unspecified atom stereocenters. The molecule has 0 saturated heterocycles. The molecule has 5 heteroatoms. The highest BCUT2D eigenvalue weighted by molar-refractivity contribution is 6.42. The van der Waals surface area contributed by atoms with Crippen LogP contribution in [0.4, 0.5) is 5.82 Å². The van der Waals surface area contributed by atoms with Crippen molar-refractivity contribution in [3.8, 4) is 0 Å². The van der Waals surface area contributed by atoms with Crippen LogP contribution in [0, 0.1) is 0 Å². The minimum atomic E-state index is 0.105. The van der Waals surface area contributed by atoms with Gasteiger partial charge in [0.05, 0.1) is 10.0 Å². The van der Waals surface area contributed by atoms with Crippen LogP contribution in [-0.2, 0) is 0 Å². The van der Waals surface area contributed by atoms with Crippen molar-refractivity contribution in [3.63, 3.8) is 0 Å². The molecule has 0 atom stereocenters. The van der Waals surface area contributed by atoms with Crippen LogP contribution in [0.3, 0.4) is 0 Å². The SMILES string of the molecule is CC1(Nc2nc(Cl)c(Cl)cc2Cl)CCC1. The van der Waals surface area contributed by atoms with Crippen molar-refractivity contribution >= 4 is 40.6 Å². The molecule has 2 rings (SSSR count). The van der Waals surface area contributed by atoms with Gasteiger partial charge in [0.15, 0.2) is 0 Å². The van der Waals surface area contributed by atoms with Crippen LogP contribution in [0.2, 0.25) is 15.2 Å². The molecule has 1 aliphatic rings. The summed E-state index contributed by atoms with van der Waals surface area (Å²) in [6, 6.07) is 1.61. The minimum absolute atomic E-state index is 0.105. The summed E-state index contributed by atoms with van der Waals surface area (Å²) in [5.74, 6) is 0.619. The van der Waals surface area contributed by atoms with Crippen LogP contribution in [-0.4, -0.2) is 10.5 Å². The van der Waals surface area contributed by atoms with Crippen molar-refractivity contribution in [2.45, 2.75) is 31.7 Å². The molecule has 1 heterocycles. The highest BCUT2D eigenvalue weighted by Gasteiger charge is 2.32. The summed E-state index contributed by atoms with van der Waals surface area (Å²) in [7, 11) is 0. The molecule has 1 fully saturated rings. The number of nitrogens with one attached hydrogen (secondary N) is 1. The maximum atomic E-state index is 6.02. The average molecular weight is 266 g/mol. The van der Waals surface area contributed by atoms with E-state index in [4.69, 9.17) is 34.8 Å². The van der Waals surface area contributed by atoms with E-state index in [9.17, 15) is 0 Å². The van der Waals surface area contributed by atoms with Gasteiger partial charge < -0.3 is 5.32 Å². The first-order chi connectivity index (χ1) is 7.00. The van der Waals surface area contributed by atoms with Crippen molar-refractivity contribution in [1.29, 1.82) is 0 Å².